The van der Waals surface area contributed by atoms with E-state index in [4.69, 9.17) is 0 Å². The molecule has 0 saturated carbocycles. The van der Waals surface area contributed by atoms with Crippen LogP contribution in [-0.2, 0) is 0 Å². The molecule has 1 fully saturated rings. The van der Waals surface area contributed by atoms with Gasteiger partial charge in [-0.2, -0.15) is 23.5 Å². The SMILES string of the molecule is B1CCBCCSCCSCC1. The van der Waals surface area contributed by atoms with E-state index in [1.165, 1.54) is 62.9 Å². The minimum atomic E-state index is 1.38. The number of hydrogen-bond acceptors (Lipinski definition) is 2. The average Bonchev–Trinajstić information content (AvgIpc) is 2.05. The number of rotatable bonds is 0. The highest BCUT2D eigenvalue weighted by atomic mass is 32.2. The molecule has 0 bridgehead atoms. The molecule has 0 amide bonds. The molecule has 0 spiro atoms. The van der Waals surface area contributed by atoms with Crippen LogP contribution in [-0.4, -0.2) is 37.6 Å². The van der Waals surface area contributed by atoms with Gasteiger partial charge in [0, 0.05) is 11.5 Å². The Bertz CT molecular complexity index is 58.0. The topological polar surface area (TPSA) is 0 Å². The lowest BCUT2D eigenvalue weighted by molar-refractivity contribution is 1.31. The summed E-state index contributed by atoms with van der Waals surface area (Å²) in [6.45, 7) is 0. The van der Waals surface area contributed by atoms with E-state index in [-0.39, 0.29) is 0 Å². The molecule has 1 aliphatic rings. The van der Waals surface area contributed by atoms with E-state index in [0.717, 1.165) is 0 Å². The van der Waals surface area contributed by atoms with Crippen molar-refractivity contribution in [3.63, 3.8) is 0 Å². The fourth-order valence-corrected chi connectivity index (χ4v) is 3.60. The van der Waals surface area contributed by atoms with Crippen molar-refractivity contribution < 1.29 is 0 Å². The van der Waals surface area contributed by atoms with Gasteiger partial charge in [0.1, 0.15) is 14.6 Å². The zero-order valence-corrected chi connectivity index (χ0v) is 9.52. The first-order chi connectivity index (χ1) is 6.00. The van der Waals surface area contributed by atoms with Crippen molar-refractivity contribution in [2.75, 3.05) is 23.0 Å². The fourth-order valence-electron chi connectivity index (χ4n) is 1.44. The Balaban J connectivity index is 2.00. The summed E-state index contributed by atoms with van der Waals surface area (Å²) in [5, 5.41) is 0. The largest absolute Gasteiger partial charge is 0.162 e. The van der Waals surface area contributed by atoms with Crippen LogP contribution in [0.25, 0.3) is 0 Å². The summed E-state index contributed by atoms with van der Waals surface area (Å²) in [6.07, 6.45) is 5.86. The zero-order valence-electron chi connectivity index (χ0n) is 7.89. The molecular weight excluding hydrogens is 182 g/mol. The minimum absolute atomic E-state index is 1.38. The highest BCUT2D eigenvalue weighted by molar-refractivity contribution is 8.02. The molecule has 1 heterocycles. The van der Waals surface area contributed by atoms with Crippen LogP contribution in [0.4, 0.5) is 0 Å². The van der Waals surface area contributed by atoms with Gasteiger partial charge in [-0.25, -0.2) is 0 Å². The van der Waals surface area contributed by atoms with Crippen LogP contribution >= 0.6 is 23.5 Å². The monoisotopic (exact) mass is 200 g/mol. The van der Waals surface area contributed by atoms with Gasteiger partial charge in [-0.15, -0.1) is 0 Å². The normalized spacial score (nSPS) is 22.7. The molecule has 1 saturated heterocycles. The Kier molecular flexibility index (Phi) is 7.66. The second kappa shape index (κ2) is 8.43. The predicted molar refractivity (Wildman–Crippen MR) is 68.2 cm³/mol. The molecule has 0 aliphatic carbocycles. The third-order valence-electron chi connectivity index (χ3n) is 2.20. The van der Waals surface area contributed by atoms with E-state index in [0.29, 0.717) is 0 Å². The smallest absolute Gasteiger partial charge is 0.120 e. The molecule has 1 aliphatic heterocycles. The van der Waals surface area contributed by atoms with Crippen molar-refractivity contribution in [2.45, 2.75) is 25.3 Å². The van der Waals surface area contributed by atoms with Gasteiger partial charge in [-0.3, -0.25) is 0 Å². The Labute approximate surface area is 86.5 Å². The van der Waals surface area contributed by atoms with Gasteiger partial charge in [0.25, 0.3) is 0 Å². The van der Waals surface area contributed by atoms with Crippen LogP contribution in [0.3, 0.4) is 0 Å². The summed E-state index contributed by atoms with van der Waals surface area (Å²) >= 11 is 4.29. The van der Waals surface area contributed by atoms with Gasteiger partial charge in [0.15, 0.2) is 0 Å². The molecule has 0 nitrogen and oxygen atoms in total. The molecule has 0 unspecified atom stereocenters. The van der Waals surface area contributed by atoms with Gasteiger partial charge in [0.05, 0.1) is 0 Å². The molecule has 12 heavy (non-hydrogen) atoms. The lowest BCUT2D eigenvalue weighted by atomic mass is 9.60. The van der Waals surface area contributed by atoms with Crippen molar-refractivity contribution in [1.82, 2.24) is 0 Å². The van der Waals surface area contributed by atoms with Crippen LogP contribution in [0.2, 0.25) is 25.3 Å². The van der Waals surface area contributed by atoms with Crippen LogP contribution < -0.4 is 0 Å². The summed E-state index contributed by atoms with van der Waals surface area (Å²) in [6, 6.07) is 0. The van der Waals surface area contributed by atoms with Crippen molar-refractivity contribution in [1.29, 1.82) is 0 Å². The van der Waals surface area contributed by atoms with E-state index in [9.17, 15) is 0 Å². The Morgan fingerprint density at radius 1 is 0.583 bits per heavy atom. The second-order valence-electron chi connectivity index (χ2n) is 3.35. The summed E-state index contributed by atoms with van der Waals surface area (Å²) in [5.74, 6) is 5.57. The van der Waals surface area contributed by atoms with Gasteiger partial charge < -0.3 is 0 Å². The Morgan fingerprint density at radius 2 is 1.08 bits per heavy atom. The first-order valence-corrected chi connectivity index (χ1v) is 7.46. The molecular formula is C8H18B2S2. The summed E-state index contributed by atoms with van der Waals surface area (Å²) < 4.78 is 0. The van der Waals surface area contributed by atoms with Crippen molar-refractivity contribution in [3.05, 3.63) is 0 Å². The summed E-state index contributed by atoms with van der Waals surface area (Å²) in [5.41, 5.74) is 0. The maximum absolute atomic E-state index is 2.15. The van der Waals surface area contributed by atoms with Crippen molar-refractivity contribution in [2.24, 2.45) is 0 Å². The van der Waals surface area contributed by atoms with E-state index in [1.807, 2.05) is 0 Å². The molecule has 0 aromatic carbocycles. The number of hydrogen-bond donors (Lipinski definition) is 0. The van der Waals surface area contributed by atoms with E-state index in [2.05, 4.69) is 23.5 Å². The van der Waals surface area contributed by atoms with E-state index in [1.54, 1.807) is 0 Å². The van der Waals surface area contributed by atoms with Crippen LogP contribution in [0, 0.1) is 0 Å². The van der Waals surface area contributed by atoms with Gasteiger partial charge in [0.2, 0.25) is 0 Å². The van der Waals surface area contributed by atoms with Crippen LogP contribution in [0.1, 0.15) is 0 Å². The molecule has 0 N–H and O–H groups in total. The van der Waals surface area contributed by atoms with Gasteiger partial charge in [-0.05, 0) is 11.5 Å². The summed E-state index contributed by atoms with van der Waals surface area (Å²) in [4.78, 5) is 0. The maximum Gasteiger partial charge on any atom is 0.120 e. The highest BCUT2D eigenvalue weighted by Crippen LogP contribution is 2.11. The molecule has 0 aromatic rings. The number of thioether (sulfide) groups is 2. The molecule has 4 heteroatoms. The van der Waals surface area contributed by atoms with E-state index >= 15 is 0 Å². The lowest BCUT2D eigenvalue weighted by Gasteiger charge is -2.04. The molecule has 1 rings (SSSR count). The first-order valence-electron chi connectivity index (χ1n) is 5.15. The Hall–Kier alpha value is 0.830. The lowest BCUT2D eigenvalue weighted by Crippen LogP contribution is -1.99. The molecule has 0 atom stereocenters. The van der Waals surface area contributed by atoms with E-state index < -0.39 is 0 Å². The summed E-state index contributed by atoms with van der Waals surface area (Å²) in [7, 11) is 2.94. The molecule has 0 aromatic heterocycles. The zero-order chi connectivity index (χ0) is 8.49. The molecule has 68 valence electrons. The highest BCUT2D eigenvalue weighted by Gasteiger charge is 1.98. The third kappa shape index (κ3) is 6.36. The van der Waals surface area contributed by atoms with Crippen LogP contribution in [0.15, 0.2) is 0 Å². The third-order valence-corrected chi connectivity index (χ3v) is 4.60. The average molecular weight is 200 g/mol. The molecule has 0 radical (unpaired) electrons. The van der Waals surface area contributed by atoms with Crippen molar-refractivity contribution >= 4 is 38.1 Å². The van der Waals surface area contributed by atoms with Gasteiger partial charge in [-0.1, -0.05) is 25.3 Å². The first kappa shape index (κ1) is 10.9. The Morgan fingerprint density at radius 3 is 1.58 bits per heavy atom. The quantitative estimate of drug-likeness (QED) is 0.548. The maximum atomic E-state index is 2.15. The van der Waals surface area contributed by atoms with Crippen LogP contribution in [0.5, 0.6) is 0 Å². The van der Waals surface area contributed by atoms with Crippen molar-refractivity contribution in [3.8, 4) is 0 Å². The predicted octanol–water partition coefficient (Wildman–Crippen LogP) is 2.01. The second-order valence-corrected chi connectivity index (χ2v) is 5.80. The fraction of sp³-hybridized carbons (Fsp3) is 1.00. The minimum Gasteiger partial charge on any atom is -0.162 e. The van der Waals surface area contributed by atoms with Gasteiger partial charge >= 0.3 is 0 Å². The standard InChI is InChI=1S/C8H18B2S2/c1-2-10-4-6-12-8-7-11-5-3-9-1/h9-10H,1-8H2.